The molecule has 0 spiro atoms. The third-order valence-corrected chi connectivity index (χ3v) is 6.64. The Hall–Kier alpha value is -3.72. The SMILES string of the molecule is CC[C@@H](Sc1nc2nccnc2c(=O)n1Cc1ccc(OC)cc1)C(=O)Nc1ccc(C)cc1. The van der Waals surface area contributed by atoms with Gasteiger partial charge in [0.25, 0.3) is 5.56 Å². The van der Waals surface area contributed by atoms with Crippen LogP contribution in [-0.4, -0.2) is 37.8 Å². The zero-order valence-electron chi connectivity index (χ0n) is 19.2. The standard InChI is InChI=1S/C25H25N5O3S/c1-4-20(23(31)28-18-9-5-16(2)6-10-18)34-25-29-22-21(26-13-14-27-22)24(32)30(25)15-17-7-11-19(33-3)12-8-17/h5-14,20H,4,15H2,1-3H3,(H,28,31)/t20-/m1/s1. The van der Waals surface area contributed by atoms with Gasteiger partial charge in [0.05, 0.1) is 18.9 Å². The maximum Gasteiger partial charge on any atom is 0.282 e. The van der Waals surface area contributed by atoms with Gasteiger partial charge in [-0.2, -0.15) is 0 Å². The maximum absolute atomic E-state index is 13.3. The van der Waals surface area contributed by atoms with E-state index in [0.717, 1.165) is 22.6 Å². The highest BCUT2D eigenvalue weighted by Gasteiger charge is 2.23. The van der Waals surface area contributed by atoms with Crippen LogP contribution >= 0.6 is 11.8 Å². The molecule has 1 N–H and O–H groups in total. The molecule has 0 radical (unpaired) electrons. The van der Waals surface area contributed by atoms with Crippen molar-refractivity contribution < 1.29 is 9.53 Å². The van der Waals surface area contributed by atoms with Gasteiger partial charge in [0.1, 0.15) is 5.75 Å². The van der Waals surface area contributed by atoms with Gasteiger partial charge in [0, 0.05) is 18.1 Å². The lowest BCUT2D eigenvalue weighted by molar-refractivity contribution is -0.115. The lowest BCUT2D eigenvalue weighted by Gasteiger charge is -2.18. The minimum Gasteiger partial charge on any atom is -0.497 e. The molecule has 1 atom stereocenters. The largest absolute Gasteiger partial charge is 0.497 e. The van der Waals surface area contributed by atoms with E-state index in [0.29, 0.717) is 11.6 Å². The van der Waals surface area contributed by atoms with Gasteiger partial charge in [0.15, 0.2) is 16.3 Å². The van der Waals surface area contributed by atoms with Crippen LogP contribution in [-0.2, 0) is 11.3 Å². The van der Waals surface area contributed by atoms with E-state index in [1.165, 1.54) is 24.2 Å². The number of ether oxygens (including phenoxy) is 1. The fourth-order valence-electron chi connectivity index (χ4n) is 3.38. The molecule has 2 heterocycles. The van der Waals surface area contributed by atoms with E-state index in [1.54, 1.807) is 11.7 Å². The second-order valence-corrected chi connectivity index (χ2v) is 8.90. The van der Waals surface area contributed by atoms with Crippen molar-refractivity contribution in [3.05, 3.63) is 82.4 Å². The predicted octanol–water partition coefficient (Wildman–Crippen LogP) is 4.06. The summed E-state index contributed by atoms with van der Waals surface area (Å²) in [5.41, 5.74) is 2.88. The van der Waals surface area contributed by atoms with Gasteiger partial charge in [-0.05, 0) is 43.2 Å². The van der Waals surface area contributed by atoms with Crippen molar-refractivity contribution in [1.82, 2.24) is 19.5 Å². The highest BCUT2D eigenvalue weighted by molar-refractivity contribution is 8.00. The molecule has 4 rings (SSSR count). The number of amides is 1. The predicted molar refractivity (Wildman–Crippen MR) is 133 cm³/mol. The minimum atomic E-state index is -0.454. The van der Waals surface area contributed by atoms with Crippen molar-refractivity contribution in [2.75, 3.05) is 12.4 Å². The fourth-order valence-corrected chi connectivity index (χ4v) is 4.38. The summed E-state index contributed by atoms with van der Waals surface area (Å²) in [4.78, 5) is 39.3. The number of anilines is 1. The van der Waals surface area contributed by atoms with Crippen molar-refractivity contribution >= 4 is 34.5 Å². The minimum absolute atomic E-state index is 0.152. The van der Waals surface area contributed by atoms with Crippen LogP contribution in [0, 0.1) is 6.92 Å². The molecule has 1 amide bonds. The Balaban J connectivity index is 1.67. The summed E-state index contributed by atoms with van der Waals surface area (Å²) in [6.07, 6.45) is 3.53. The first-order valence-corrected chi connectivity index (χ1v) is 11.7. The number of rotatable bonds is 8. The van der Waals surface area contributed by atoms with Crippen LogP contribution in [0.3, 0.4) is 0 Å². The molecule has 0 saturated carbocycles. The Morgan fingerprint density at radius 1 is 1.09 bits per heavy atom. The first-order chi connectivity index (χ1) is 16.5. The number of fused-ring (bicyclic) bond motifs is 1. The number of carbonyl (C=O) groups is 1. The highest BCUT2D eigenvalue weighted by Crippen LogP contribution is 2.26. The smallest absolute Gasteiger partial charge is 0.282 e. The van der Waals surface area contributed by atoms with Gasteiger partial charge in [-0.15, -0.1) is 0 Å². The number of aryl methyl sites for hydroxylation is 1. The van der Waals surface area contributed by atoms with E-state index >= 15 is 0 Å². The molecular formula is C25H25N5O3S. The summed E-state index contributed by atoms with van der Waals surface area (Å²) in [5, 5.41) is 2.92. The average molecular weight is 476 g/mol. The lowest BCUT2D eigenvalue weighted by atomic mass is 10.2. The normalized spacial score (nSPS) is 11.9. The Labute approximate surface area is 201 Å². The van der Waals surface area contributed by atoms with E-state index in [2.05, 4.69) is 20.3 Å². The van der Waals surface area contributed by atoms with E-state index < -0.39 is 5.25 Å². The van der Waals surface area contributed by atoms with Crippen LogP contribution in [0.25, 0.3) is 11.2 Å². The third kappa shape index (κ3) is 5.26. The van der Waals surface area contributed by atoms with Crippen LogP contribution in [0.4, 0.5) is 5.69 Å². The van der Waals surface area contributed by atoms with Crippen LogP contribution in [0.15, 0.2) is 70.9 Å². The molecule has 2 aromatic heterocycles. The summed E-state index contributed by atoms with van der Waals surface area (Å²) in [5.74, 6) is 0.577. The van der Waals surface area contributed by atoms with Crippen LogP contribution in [0.1, 0.15) is 24.5 Å². The molecule has 0 bridgehead atoms. The quantitative estimate of drug-likeness (QED) is 0.303. The molecule has 9 heteroatoms. The Bertz CT molecular complexity index is 1350. The summed E-state index contributed by atoms with van der Waals surface area (Å²) in [7, 11) is 1.60. The molecule has 174 valence electrons. The third-order valence-electron chi connectivity index (χ3n) is 5.29. The molecule has 0 aliphatic heterocycles. The van der Waals surface area contributed by atoms with Gasteiger partial charge in [-0.3, -0.25) is 14.2 Å². The van der Waals surface area contributed by atoms with Crippen molar-refractivity contribution in [3.63, 3.8) is 0 Å². The molecule has 8 nitrogen and oxygen atoms in total. The Morgan fingerprint density at radius 3 is 2.47 bits per heavy atom. The molecule has 0 unspecified atom stereocenters. The van der Waals surface area contributed by atoms with E-state index in [4.69, 9.17) is 4.74 Å². The second kappa shape index (κ2) is 10.5. The monoisotopic (exact) mass is 475 g/mol. The molecule has 0 fully saturated rings. The first kappa shape index (κ1) is 23.4. The van der Waals surface area contributed by atoms with Crippen LogP contribution in [0.5, 0.6) is 5.75 Å². The summed E-state index contributed by atoms with van der Waals surface area (Å²) < 4.78 is 6.77. The number of nitrogens with zero attached hydrogens (tertiary/aromatic N) is 4. The van der Waals surface area contributed by atoms with E-state index in [-0.39, 0.29) is 29.2 Å². The molecule has 0 aliphatic carbocycles. The second-order valence-electron chi connectivity index (χ2n) is 7.73. The van der Waals surface area contributed by atoms with Gasteiger partial charge < -0.3 is 10.1 Å². The topological polar surface area (TPSA) is 99.0 Å². The number of aromatic nitrogens is 4. The zero-order valence-corrected chi connectivity index (χ0v) is 20.0. The summed E-state index contributed by atoms with van der Waals surface area (Å²) in [6, 6.07) is 15.1. The lowest BCUT2D eigenvalue weighted by Crippen LogP contribution is -2.29. The Kier molecular flexibility index (Phi) is 7.22. The van der Waals surface area contributed by atoms with Crippen LogP contribution < -0.4 is 15.6 Å². The number of thioether (sulfide) groups is 1. The molecule has 4 aromatic rings. The molecule has 0 saturated heterocycles. The van der Waals surface area contributed by atoms with Crippen LogP contribution in [0.2, 0.25) is 0 Å². The number of methoxy groups -OCH3 is 1. The van der Waals surface area contributed by atoms with Gasteiger partial charge in [-0.1, -0.05) is 48.5 Å². The molecule has 2 aromatic carbocycles. The van der Waals surface area contributed by atoms with Gasteiger partial charge >= 0.3 is 0 Å². The van der Waals surface area contributed by atoms with Crippen molar-refractivity contribution in [2.24, 2.45) is 0 Å². The molecule has 0 aliphatic rings. The van der Waals surface area contributed by atoms with E-state index in [1.807, 2.05) is 62.4 Å². The fraction of sp³-hybridized carbons (Fsp3) is 0.240. The first-order valence-electron chi connectivity index (χ1n) is 10.9. The molecular weight excluding hydrogens is 450 g/mol. The Morgan fingerprint density at radius 2 is 1.79 bits per heavy atom. The number of benzene rings is 2. The number of nitrogens with one attached hydrogen (secondary N) is 1. The van der Waals surface area contributed by atoms with Gasteiger partial charge in [0.2, 0.25) is 5.91 Å². The average Bonchev–Trinajstić information content (AvgIpc) is 2.86. The number of carbonyl (C=O) groups excluding carboxylic acids is 1. The highest BCUT2D eigenvalue weighted by atomic mass is 32.2. The van der Waals surface area contributed by atoms with Gasteiger partial charge in [-0.25, -0.2) is 15.0 Å². The van der Waals surface area contributed by atoms with Crippen molar-refractivity contribution in [2.45, 2.75) is 37.2 Å². The zero-order chi connectivity index (χ0) is 24.1. The van der Waals surface area contributed by atoms with E-state index in [9.17, 15) is 9.59 Å². The van der Waals surface area contributed by atoms with Crippen molar-refractivity contribution in [1.29, 1.82) is 0 Å². The molecule has 34 heavy (non-hydrogen) atoms. The maximum atomic E-state index is 13.3. The summed E-state index contributed by atoms with van der Waals surface area (Å²) in [6.45, 7) is 4.20. The summed E-state index contributed by atoms with van der Waals surface area (Å²) >= 11 is 1.25. The number of hydrogen-bond donors (Lipinski definition) is 1. The van der Waals surface area contributed by atoms with Crippen molar-refractivity contribution in [3.8, 4) is 5.75 Å². The number of hydrogen-bond acceptors (Lipinski definition) is 7.